The number of aromatic nitrogens is 4. The van der Waals surface area contributed by atoms with Gasteiger partial charge in [-0.05, 0) is 61.1 Å². The van der Waals surface area contributed by atoms with Crippen molar-refractivity contribution >= 4 is 45.4 Å². The third kappa shape index (κ3) is 5.67. The topological polar surface area (TPSA) is 54.0 Å². The summed E-state index contributed by atoms with van der Waals surface area (Å²) in [4.78, 5) is 20.2. The molecule has 0 aliphatic carbocycles. The van der Waals surface area contributed by atoms with Crippen molar-refractivity contribution < 1.29 is 16.5 Å². The van der Waals surface area contributed by atoms with Crippen molar-refractivity contribution in [1.29, 1.82) is 0 Å². The minimum Gasteiger partial charge on any atom is -0.656 e. The van der Waals surface area contributed by atoms with E-state index in [9.17, 15) is 0 Å². The third-order valence-corrected chi connectivity index (χ3v) is 6.92. The summed E-state index contributed by atoms with van der Waals surface area (Å²) in [5, 5.41) is 0. The van der Waals surface area contributed by atoms with Gasteiger partial charge in [0, 0.05) is 11.4 Å². The summed E-state index contributed by atoms with van der Waals surface area (Å²) in [5.74, 6) is 0. The Kier molecular flexibility index (Phi) is 8.87. The monoisotopic (exact) mass is 534 g/mol. The third-order valence-electron chi connectivity index (χ3n) is 6.92. The molecule has 5 heteroatoms. The van der Waals surface area contributed by atoms with Crippen molar-refractivity contribution in [3.05, 3.63) is 70.3 Å². The molecule has 0 N–H and O–H groups in total. The van der Waals surface area contributed by atoms with Crippen LogP contribution in [0.4, 0.5) is 0 Å². The molecule has 2 aliphatic heterocycles. The maximum absolute atomic E-state index is 5.04. The molecule has 0 saturated heterocycles. The van der Waals surface area contributed by atoms with E-state index in [-0.39, 0.29) is 16.5 Å². The molecule has 8 bridgehead atoms. The number of hydrogen-bond acceptors (Lipinski definition) is 2. The standard InChI is InChI=1S/C32H36N4.Ni/c1-5-9-21-17-29-30-18-22(10-6-2)27(34-30)15-16-28-24(12-8-4)20-32(36-28)31-19-23(11-7-3)26(35-31)14-13-25(21)33-29;/h13-20H,5-12H2,1-4H3;/q-2;+2. The molecule has 0 spiro atoms. The predicted molar refractivity (Wildman–Crippen MR) is 152 cm³/mol. The van der Waals surface area contributed by atoms with E-state index in [1.807, 2.05) is 0 Å². The van der Waals surface area contributed by atoms with Gasteiger partial charge >= 0.3 is 16.5 Å². The molecule has 194 valence electrons. The zero-order valence-electron chi connectivity index (χ0n) is 22.4. The molecule has 4 nitrogen and oxygen atoms in total. The van der Waals surface area contributed by atoms with Crippen molar-refractivity contribution in [2.45, 2.75) is 79.1 Å². The summed E-state index contributed by atoms with van der Waals surface area (Å²) in [6, 6.07) is 13.0. The summed E-state index contributed by atoms with van der Waals surface area (Å²) in [6.07, 6.45) is 12.8. The quantitative estimate of drug-likeness (QED) is 0.273. The fourth-order valence-corrected chi connectivity index (χ4v) is 5.19. The van der Waals surface area contributed by atoms with Crippen LogP contribution in [-0.4, -0.2) is 9.97 Å². The Morgan fingerprint density at radius 1 is 0.541 bits per heavy atom. The van der Waals surface area contributed by atoms with Crippen LogP contribution >= 0.6 is 0 Å². The molecule has 0 atom stereocenters. The molecule has 3 aromatic heterocycles. The minimum absolute atomic E-state index is 0. The summed E-state index contributed by atoms with van der Waals surface area (Å²) < 4.78 is 0. The van der Waals surface area contributed by atoms with Gasteiger partial charge in [-0.1, -0.05) is 88.8 Å². The van der Waals surface area contributed by atoms with Crippen LogP contribution in [0.2, 0.25) is 0 Å². The van der Waals surface area contributed by atoms with Crippen molar-refractivity contribution in [2.75, 3.05) is 0 Å². The summed E-state index contributed by atoms with van der Waals surface area (Å²) in [5.41, 5.74) is 13.1. The second kappa shape index (κ2) is 12.1. The van der Waals surface area contributed by atoms with Crippen molar-refractivity contribution in [2.24, 2.45) is 0 Å². The van der Waals surface area contributed by atoms with Gasteiger partial charge in [0.15, 0.2) is 0 Å². The maximum atomic E-state index is 5.04. The zero-order valence-corrected chi connectivity index (χ0v) is 23.4. The van der Waals surface area contributed by atoms with Gasteiger partial charge in [0.2, 0.25) is 0 Å². The van der Waals surface area contributed by atoms with Crippen molar-refractivity contribution in [3.8, 4) is 0 Å². The van der Waals surface area contributed by atoms with Crippen LogP contribution in [-0.2, 0) is 29.3 Å². The zero-order chi connectivity index (χ0) is 25.1. The van der Waals surface area contributed by atoms with Gasteiger partial charge in [-0.3, -0.25) is 9.97 Å². The first kappa shape index (κ1) is 27.1. The molecule has 0 fully saturated rings. The number of fused-ring (bicyclic) bond motifs is 10. The van der Waals surface area contributed by atoms with Crippen LogP contribution in [0.15, 0.2) is 36.4 Å². The molecule has 0 unspecified atom stereocenters. The summed E-state index contributed by atoms with van der Waals surface area (Å²) >= 11 is 0. The van der Waals surface area contributed by atoms with E-state index >= 15 is 0 Å². The van der Waals surface area contributed by atoms with Crippen LogP contribution in [0, 0.1) is 0 Å². The molecule has 37 heavy (non-hydrogen) atoms. The van der Waals surface area contributed by atoms with E-state index in [1.165, 1.54) is 22.3 Å². The van der Waals surface area contributed by atoms with Gasteiger partial charge in [-0.25, -0.2) is 0 Å². The molecule has 0 saturated carbocycles. The van der Waals surface area contributed by atoms with Crippen LogP contribution in [0.5, 0.6) is 0 Å². The SMILES string of the molecule is CCCC1=Cc2nc1ccc1[n-]c(cc1CCC)c1nc(ccc3[n-]c2cc3CCC)C(CCC)=C1.[Ni+2]. The first-order chi connectivity index (χ1) is 17.6. The molecule has 0 radical (unpaired) electrons. The van der Waals surface area contributed by atoms with Gasteiger partial charge in [-0.2, -0.15) is 0 Å². The number of hydrogen-bond donors (Lipinski definition) is 0. The van der Waals surface area contributed by atoms with Crippen LogP contribution in [0.1, 0.15) is 100 Å². The fraction of sp³-hybridized carbons (Fsp3) is 0.375. The molecule has 0 aromatic carbocycles. The largest absolute Gasteiger partial charge is 2.00 e. The number of rotatable bonds is 8. The average Bonchev–Trinajstić information content (AvgIpc) is 3.63. The Balaban J connectivity index is 0.00000320. The summed E-state index contributed by atoms with van der Waals surface area (Å²) in [7, 11) is 0. The van der Waals surface area contributed by atoms with E-state index < -0.39 is 0 Å². The smallest absolute Gasteiger partial charge is 0.656 e. The molecular formula is C32H36N4Ni. The Hall–Kier alpha value is -2.91. The maximum Gasteiger partial charge on any atom is 2.00 e. The number of allylic oxidation sites excluding steroid dienone is 2. The first-order valence-electron chi connectivity index (χ1n) is 13.7. The van der Waals surface area contributed by atoms with Crippen LogP contribution < -0.4 is 9.97 Å². The van der Waals surface area contributed by atoms with Crippen molar-refractivity contribution in [1.82, 2.24) is 19.9 Å². The molecular weight excluding hydrogens is 499 g/mol. The summed E-state index contributed by atoms with van der Waals surface area (Å²) in [6.45, 7) is 8.88. The number of aryl methyl sites for hydroxylation is 2. The second-order valence-corrected chi connectivity index (χ2v) is 9.87. The molecule has 3 aromatic rings. The Morgan fingerprint density at radius 3 is 1.32 bits per heavy atom. The van der Waals surface area contributed by atoms with E-state index in [0.29, 0.717) is 0 Å². The average molecular weight is 535 g/mol. The van der Waals surface area contributed by atoms with Crippen LogP contribution in [0.3, 0.4) is 0 Å². The Bertz CT molecular complexity index is 1370. The molecule has 5 heterocycles. The second-order valence-electron chi connectivity index (χ2n) is 9.87. The molecule has 5 rings (SSSR count). The predicted octanol–water partition coefficient (Wildman–Crippen LogP) is 8.16. The first-order valence-corrected chi connectivity index (χ1v) is 13.7. The Labute approximate surface area is 230 Å². The van der Waals surface area contributed by atoms with Crippen molar-refractivity contribution in [3.63, 3.8) is 0 Å². The molecule has 2 aliphatic rings. The van der Waals surface area contributed by atoms with E-state index in [4.69, 9.17) is 19.9 Å². The van der Waals surface area contributed by atoms with Gasteiger partial charge in [0.25, 0.3) is 0 Å². The normalized spacial score (nSPS) is 12.8. The van der Waals surface area contributed by atoms with Gasteiger partial charge in [-0.15, -0.1) is 22.1 Å². The van der Waals surface area contributed by atoms with Gasteiger partial charge in [0.05, 0.1) is 11.4 Å². The van der Waals surface area contributed by atoms with E-state index in [0.717, 1.165) is 96.2 Å². The minimum atomic E-state index is 0. The number of nitrogens with zero attached hydrogens (tertiary/aromatic N) is 4. The fourth-order valence-electron chi connectivity index (χ4n) is 5.19. The Morgan fingerprint density at radius 2 is 0.946 bits per heavy atom. The van der Waals surface area contributed by atoms with Gasteiger partial charge < -0.3 is 9.97 Å². The van der Waals surface area contributed by atoms with Gasteiger partial charge in [0.1, 0.15) is 0 Å². The van der Waals surface area contributed by atoms with E-state index in [2.05, 4.69) is 76.2 Å². The van der Waals surface area contributed by atoms with Crippen LogP contribution in [0.25, 0.3) is 45.4 Å². The van der Waals surface area contributed by atoms with E-state index in [1.54, 1.807) is 0 Å². The molecule has 0 amide bonds.